The lowest BCUT2D eigenvalue weighted by molar-refractivity contribution is 1.20. The van der Waals surface area contributed by atoms with Crippen LogP contribution in [0.25, 0.3) is 33.5 Å². The molecule has 2 N–H and O–H groups in total. The molecule has 4 aromatic heterocycles. The zero-order valence-corrected chi connectivity index (χ0v) is 11.4. The molecule has 0 radical (unpaired) electrons. The SMILES string of the molecule is O=c1[nH]c2cc(-c3ccncc3)c(-c3ccncc3)nc2[nH]1. The van der Waals surface area contributed by atoms with Crippen molar-refractivity contribution in [3.05, 3.63) is 65.6 Å². The topological polar surface area (TPSA) is 87.3 Å². The molecule has 106 valence electrons. The van der Waals surface area contributed by atoms with Crippen LogP contribution in [0.15, 0.2) is 59.9 Å². The Hall–Kier alpha value is -3.28. The summed E-state index contributed by atoms with van der Waals surface area (Å²) in [6.07, 6.45) is 6.90. The van der Waals surface area contributed by atoms with Gasteiger partial charge in [-0.3, -0.25) is 15.0 Å². The lowest BCUT2D eigenvalue weighted by Gasteiger charge is -2.09. The van der Waals surface area contributed by atoms with Gasteiger partial charge in [0.15, 0.2) is 5.65 Å². The van der Waals surface area contributed by atoms with Gasteiger partial charge in [0.1, 0.15) is 0 Å². The van der Waals surface area contributed by atoms with Gasteiger partial charge in [-0.05, 0) is 35.9 Å². The normalized spacial score (nSPS) is 10.9. The Bertz CT molecular complexity index is 910. The monoisotopic (exact) mass is 289 g/mol. The highest BCUT2D eigenvalue weighted by molar-refractivity contribution is 5.88. The first-order valence-corrected chi connectivity index (χ1v) is 6.75. The first-order valence-electron chi connectivity index (χ1n) is 6.75. The molecule has 4 heterocycles. The van der Waals surface area contributed by atoms with E-state index >= 15 is 0 Å². The van der Waals surface area contributed by atoms with E-state index in [9.17, 15) is 4.79 Å². The zero-order valence-electron chi connectivity index (χ0n) is 11.4. The zero-order chi connectivity index (χ0) is 14.9. The average Bonchev–Trinajstić information content (AvgIpc) is 2.94. The van der Waals surface area contributed by atoms with Crippen molar-refractivity contribution in [1.82, 2.24) is 24.9 Å². The van der Waals surface area contributed by atoms with Gasteiger partial charge in [0.05, 0.1) is 11.2 Å². The number of hydrogen-bond donors (Lipinski definition) is 2. The summed E-state index contributed by atoms with van der Waals surface area (Å²) < 4.78 is 0. The maximum atomic E-state index is 11.5. The Morgan fingerprint density at radius 1 is 0.818 bits per heavy atom. The summed E-state index contributed by atoms with van der Waals surface area (Å²) in [5.41, 5.74) is 4.58. The molecule has 0 unspecified atom stereocenters. The van der Waals surface area contributed by atoms with E-state index in [0.29, 0.717) is 11.2 Å². The van der Waals surface area contributed by atoms with Crippen LogP contribution in [0.1, 0.15) is 0 Å². The molecule has 6 nitrogen and oxygen atoms in total. The van der Waals surface area contributed by atoms with Gasteiger partial charge in [0, 0.05) is 35.9 Å². The number of nitrogens with one attached hydrogen (secondary N) is 2. The summed E-state index contributed by atoms with van der Waals surface area (Å²) in [6.45, 7) is 0. The largest absolute Gasteiger partial charge is 0.325 e. The lowest BCUT2D eigenvalue weighted by atomic mass is 10.0. The number of nitrogens with zero attached hydrogens (tertiary/aromatic N) is 3. The highest BCUT2D eigenvalue weighted by Gasteiger charge is 2.12. The number of H-pyrrole nitrogens is 2. The van der Waals surface area contributed by atoms with Gasteiger partial charge in [-0.2, -0.15) is 0 Å². The van der Waals surface area contributed by atoms with E-state index in [0.717, 1.165) is 22.4 Å². The molecule has 0 atom stereocenters. The summed E-state index contributed by atoms with van der Waals surface area (Å²) in [4.78, 5) is 29.6. The number of hydrogen-bond acceptors (Lipinski definition) is 4. The van der Waals surface area contributed by atoms with E-state index in [1.807, 2.05) is 30.3 Å². The van der Waals surface area contributed by atoms with E-state index in [2.05, 4.69) is 24.9 Å². The number of aromatic amines is 2. The van der Waals surface area contributed by atoms with Crippen molar-refractivity contribution in [2.75, 3.05) is 0 Å². The number of imidazole rings is 1. The molecule has 0 fully saturated rings. The molecule has 0 amide bonds. The maximum absolute atomic E-state index is 11.5. The first kappa shape index (κ1) is 12.5. The average molecular weight is 289 g/mol. The molecule has 0 aromatic carbocycles. The van der Waals surface area contributed by atoms with Gasteiger partial charge in [-0.25, -0.2) is 9.78 Å². The standard InChI is InChI=1S/C16H11N5O/c22-16-19-13-9-12(10-1-5-17-6-2-10)14(20-15(13)21-16)11-3-7-18-8-4-11/h1-9H,(H2,19,20,21,22). The highest BCUT2D eigenvalue weighted by atomic mass is 16.1. The van der Waals surface area contributed by atoms with Gasteiger partial charge in [-0.15, -0.1) is 0 Å². The number of fused-ring (bicyclic) bond motifs is 1. The molecule has 6 heteroatoms. The minimum absolute atomic E-state index is 0.268. The van der Waals surface area contributed by atoms with E-state index < -0.39 is 0 Å². The fourth-order valence-corrected chi connectivity index (χ4v) is 2.45. The van der Waals surface area contributed by atoms with Crippen molar-refractivity contribution >= 4 is 11.2 Å². The maximum Gasteiger partial charge on any atom is 0.325 e. The van der Waals surface area contributed by atoms with Crippen molar-refractivity contribution < 1.29 is 0 Å². The van der Waals surface area contributed by atoms with Gasteiger partial charge < -0.3 is 4.98 Å². The quantitative estimate of drug-likeness (QED) is 0.593. The molecule has 0 aliphatic heterocycles. The van der Waals surface area contributed by atoms with Crippen LogP contribution >= 0.6 is 0 Å². The molecular formula is C16H11N5O. The van der Waals surface area contributed by atoms with Gasteiger partial charge >= 0.3 is 5.69 Å². The van der Waals surface area contributed by atoms with Crippen LogP contribution in [0.2, 0.25) is 0 Å². The number of aromatic nitrogens is 5. The molecule has 0 spiro atoms. The van der Waals surface area contributed by atoms with Crippen LogP contribution in [-0.4, -0.2) is 24.9 Å². The van der Waals surface area contributed by atoms with E-state index in [4.69, 9.17) is 0 Å². The third kappa shape index (κ3) is 2.07. The molecule has 0 saturated heterocycles. The first-order chi connectivity index (χ1) is 10.8. The Morgan fingerprint density at radius 2 is 1.45 bits per heavy atom. The third-order valence-corrected chi connectivity index (χ3v) is 3.45. The Kier molecular flexibility index (Phi) is 2.79. The van der Waals surface area contributed by atoms with Crippen molar-refractivity contribution in [2.45, 2.75) is 0 Å². The Balaban J connectivity index is 2.06. The highest BCUT2D eigenvalue weighted by Crippen LogP contribution is 2.31. The van der Waals surface area contributed by atoms with Crippen molar-refractivity contribution in [3.63, 3.8) is 0 Å². The Labute approximate surface area is 124 Å². The lowest BCUT2D eigenvalue weighted by Crippen LogP contribution is -1.99. The van der Waals surface area contributed by atoms with Gasteiger partial charge in [0.2, 0.25) is 0 Å². The fraction of sp³-hybridized carbons (Fsp3) is 0. The minimum atomic E-state index is -0.268. The van der Waals surface area contributed by atoms with Crippen LogP contribution < -0.4 is 5.69 Å². The Morgan fingerprint density at radius 3 is 2.14 bits per heavy atom. The second kappa shape index (κ2) is 4.92. The number of pyridine rings is 3. The van der Waals surface area contributed by atoms with Crippen LogP contribution in [0.4, 0.5) is 0 Å². The molecular weight excluding hydrogens is 278 g/mol. The van der Waals surface area contributed by atoms with Crippen molar-refractivity contribution in [1.29, 1.82) is 0 Å². The second-order valence-electron chi connectivity index (χ2n) is 4.83. The molecule has 0 saturated carbocycles. The minimum Gasteiger partial charge on any atom is -0.304 e. The van der Waals surface area contributed by atoms with Crippen LogP contribution in [0.3, 0.4) is 0 Å². The number of rotatable bonds is 2. The summed E-state index contributed by atoms with van der Waals surface area (Å²) >= 11 is 0. The van der Waals surface area contributed by atoms with E-state index in [1.165, 1.54) is 0 Å². The predicted molar refractivity (Wildman–Crippen MR) is 83.2 cm³/mol. The van der Waals surface area contributed by atoms with E-state index in [1.54, 1.807) is 24.8 Å². The molecule has 22 heavy (non-hydrogen) atoms. The van der Waals surface area contributed by atoms with Crippen LogP contribution in [-0.2, 0) is 0 Å². The summed E-state index contributed by atoms with van der Waals surface area (Å²) in [5, 5.41) is 0. The van der Waals surface area contributed by atoms with Gasteiger partial charge in [-0.1, -0.05) is 0 Å². The van der Waals surface area contributed by atoms with Crippen molar-refractivity contribution in [3.8, 4) is 22.4 Å². The predicted octanol–water partition coefficient (Wildman–Crippen LogP) is 2.38. The molecule has 4 rings (SSSR count). The van der Waals surface area contributed by atoms with Gasteiger partial charge in [0.25, 0.3) is 0 Å². The molecule has 0 bridgehead atoms. The van der Waals surface area contributed by atoms with Crippen molar-refractivity contribution in [2.24, 2.45) is 0 Å². The summed E-state index contributed by atoms with van der Waals surface area (Å²) in [6, 6.07) is 9.54. The van der Waals surface area contributed by atoms with Crippen LogP contribution in [0.5, 0.6) is 0 Å². The van der Waals surface area contributed by atoms with Crippen LogP contribution in [0, 0.1) is 0 Å². The smallest absolute Gasteiger partial charge is 0.304 e. The second-order valence-corrected chi connectivity index (χ2v) is 4.83. The molecule has 0 aliphatic rings. The van der Waals surface area contributed by atoms with E-state index in [-0.39, 0.29) is 5.69 Å². The molecule has 0 aliphatic carbocycles. The summed E-state index contributed by atoms with van der Waals surface area (Å²) in [7, 11) is 0. The molecule has 4 aromatic rings. The third-order valence-electron chi connectivity index (χ3n) is 3.45. The summed E-state index contributed by atoms with van der Waals surface area (Å²) in [5.74, 6) is 0. The fourth-order valence-electron chi connectivity index (χ4n) is 2.45.